The van der Waals surface area contributed by atoms with Gasteiger partial charge in [0, 0.05) is 42.2 Å². The molecule has 3 N–H and O–H groups in total. The van der Waals surface area contributed by atoms with Crippen LogP contribution in [0.1, 0.15) is 47.9 Å². The number of aryl methyl sites for hydroxylation is 1. The highest BCUT2D eigenvalue weighted by Gasteiger charge is 2.41. The Labute approximate surface area is 185 Å². The molecule has 2 aliphatic rings. The number of anilines is 2. The third-order valence-corrected chi connectivity index (χ3v) is 7.42. The molecule has 1 fully saturated rings. The predicted molar refractivity (Wildman–Crippen MR) is 120 cm³/mol. The normalized spacial score (nSPS) is 21.4. The topological polar surface area (TPSA) is 117 Å². The number of nitrogens with zero attached hydrogens (tertiary/aromatic N) is 5. The van der Waals surface area contributed by atoms with E-state index < -0.39 is 5.41 Å². The van der Waals surface area contributed by atoms with E-state index >= 15 is 0 Å². The van der Waals surface area contributed by atoms with E-state index in [9.17, 15) is 5.26 Å². The van der Waals surface area contributed by atoms with Crippen molar-refractivity contribution in [2.75, 3.05) is 36.8 Å². The van der Waals surface area contributed by atoms with Crippen molar-refractivity contribution < 1.29 is 4.52 Å². The molecule has 4 heterocycles. The van der Waals surface area contributed by atoms with Crippen LogP contribution >= 0.6 is 11.3 Å². The molecule has 3 aromatic rings. The molecule has 31 heavy (non-hydrogen) atoms. The standard InChI is InChI=1S/C22H25N7OS/c1-22(6-2-4-17-19(22)14(13-23)20(24)31-17)18-12-16(30-28-18)15-5-8-26-21(27-15)29-10-3-7-25-9-11-29/h5,8,12,25H,2-4,6-7,9-11,24H2,1H3/t22-/m1/s1. The maximum absolute atomic E-state index is 9.71. The molecular weight excluding hydrogens is 410 g/mol. The Morgan fingerprint density at radius 2 is 2.23 bits per heavy atom. The van der Waals surface area contributed by atoms with Crippen LogP contribution in [-0.4, -0.2) is 41.3 Å². The fourth-order valence-electron chi connectivity index (χ4n) is 4.69. The summed E-state index contributed by atoms with van der Waals surface area (Å²) in [4.78, 5) is 12.6. The van der Waals surface area contributed by atoms with Gasteiger partial charge in [0.1, 0.15) is 16.8 Å². The van der Waals surface area contributed by atoms with Gasteiger partial charge in [-0.2, -0.15) is 5.26 Å². The summed E-state index contributed by atoms with van der Waals surface area (Å²) < 4.78 is 5.75. The first-order valence-corrected chi connectivity index (χ1v) is 11.5. The summed E-state index contributed by atoms with van der Waals surface area (Å²) in [5.41, 5.74) is 8.89. The van der Waals surface area contributed by atoms with Gasteiger partial charge < -0.3 is 20.5 Å². The van der Waals surface area contributed by atoms with Gasteiger partial charge in [0.2, 0.25) is 5.95 Å². The summed E-state index contributed by atoms with van der Waals surface area (Å²) in [5.74, 6) is 1.32. The molecule has 0 saturated carbocycles. The molecule has 8 nitrogen and oxygen atoms in total. The van der Waals surface area contributed by atoms with Gasteiger partial charge in [0.05, 0.1) is 11.3 Å². The zero-order valence-electron chi connectivity index (χ0n) is 17.5. The summed E-state index contributed by atoms with van der Waals surface area (Å²) in [5, 5.41) is 18.1. The maximum Gasteiger partial charge on any atom is 0.226 e. The van der Waals surface area contributed by atoms with Crippen molar-refractivity contribution in [1.82, 2.24) is 20.4 Å². The minimum atomic E-state index is -0.402. The number of nitrogen functional groups attached to an aromatic ring is 1. The largest absolute Gasteiger partial charge is 0.389 e. The fraction of sp³-hybridized carbons (Fsp3) is 0.455. The number of hydrogen-bond donors (Lipinski definition) is 2. The van der Waals surface area contributed by atoms with E-state index in [1.165, 1.54) is 16.2 Å². The number of fused-ring (bicyclic) bond motifs is 1. The summed E-state index contributed by atoms with van der Waals surface area (Å²) in [6.45, 7) is 5.87. The third kappa shape index (κ3) is 3.46. The smallest absolute Gasteiger partial charge is 0.226 e. The first-order chi connectivity index (χ1) is 15.1. The molecule has 1 aliphatic heterocycles. The van der Waals surface area contributed by atoms with Crippen LogP contribution < -0.4 is 16.0 Å². The number of aromatic nitrogens is 3. The second-order valence-corrected chi connectivity index (χ2v) is 9.48. The highest BCUT2D eigenvalue weighted by atomic mass is 32.1. The highest BCUT2D eigenvalue weighted by molar-refractivity contribution is 7.16. The van der Waals surface area contributed by atoms with Crippen LogP contribution in [0.25, 0.3) is 11.5 Å². The lowest BCUT2D eigenvalue weighted by atomic mass is 9.70. The maximum atomic E-state index is 9.71. The van der Waals surface area contributed by atoms with Gasteiger partial charge >= 0.3 is 0 Å². The molecule has 1 aliphatic carbocycles. The van der Waals surface area contributed by atoms with E-state index in [1.807, 2.05) is 12.1 Å². The molecule has 9 heteroatoms. The number of nitrogens with two attached hydrogens (primary N) is 1. The molecule has 0 unspecified atom stereocenters. The highest BCUT2D eigenvalue weighted by Crippen LogP contribution is 2.48. The van der Waals surface area contributed by atoms with Crippen LogP contribution in [0.15, 0.2) is 22.9 Å². The number of thiophene rings is 1. The number of rotatable bonds is 3. The lowest BCUT2D eigenvalue weighted by molar-refractivity contribution is 0.383. The number of nitriles is 1. The van der Waals surface area contributed by atoms with Crippen molar-refractivity contribution in [3.8, 4) is 17.5 Å². The predicted octanol–water partition coefficient (Wildman–Crippen LogP) is 3.09. The van der Waals surface area contributed by atoms with E-state index in [1.54, 1.807) is 6.20 Å². The van der Waals surface area contributed by atoms with E-state index in [2.05, 4.69) is 33.4 Å². The fourth-order valence-corrected chi connectivity index (χ4v) is 5.88. The lowest BCUT2D eigenvalue weighted by Gasteiger charge is -2.32. The third-order valence-electron chi connectivity index (χ3n) is 6.35. The van der Waals surface area contributed by atoms with E-state index in [0.29, 0.717) is 28.0 Å². The van der Waals surface area contributed by atoms with Gasteiger partial charge in [0.25, 0.3) is 0 Å². The van der Waals surface area contributed by atoms with Crippen LogP contribution in [0, 0.1) is 11.3 Å². The SMILES string of the molecule is C[C@]1(c2cc(-c3ccnc(N4CCCNCC4)n3)on2)CCCc2sc(N)c(C#N)c21. The molecule has 3 aromatic heterocycles. The molecule has 0 amide bonds. The lowest BCUT2D eigenvalue weighted by Crippen LogP contribution is -2.29. The summed E-state index contributed by atoms with van der Waals surface area (Å²) >= 11 is 1.53. The van der Waals surface area contributed by atoms with Gasteiger partial charge in [-0.3, -0.25) is 0 Å². The zero-order valence-corrected chi connectivity index (χ0v) is 18.3. The molecule has 0 spiro atoms. The molecular formula is C22H25N7OS. The van der Waals surface area contributed by atoms with Crippen LogP contribution in [0.5, 0.6) is 0 Å². The molecule has 1 saturated heterocycles. The van der Waals surface area contributed by atoms with Crippen molar-refractivity contribution in [1.29, 1.82) is 5.26 Å². The van der Waals surface area contributed by atoms with Crippen LogP contribution in [0.2, 0.25) is 0 Å². The van der Waals surface area contributed by atoms with Crippen LogP contribution in [0.4, 0.5) is 10.9 Å². The van der Waals surface area contributed by atoms with E-state index in [0.717, 1.165) is 63.1 Å². The summed E-state index contributed by atoms with van der Waals surface area (Å²) in [7, 11) is 0. The molecule has 0 bridgehead atoms. The van der Waals surface area contributed by atoms with Gasteiger partial charge in [-0.1, -0.05) is 5.16 Å². The van der Waals surface area contributed by atoms with Gasteiger partial charge in [-0.05, 0) is 50.8 Å². The van der Waals surface area contributed by atoms with Gasteiger partial charge in [0.15, 0.2) is 5.76 Å². The van der Waals surface area contributed by atoms with Crippen molar-refractivity contribution in [3.63, 3.8) is 0 Å². The Morgan fingerprint density at radius 1 is 1.32 bits per heavy atom. The van der Waals surface area contributed by atoms with Crippen LogP contribution in [0.3, 0.4) is 0 Å². The second-order valence-electron chi connectivity index (χ2n) is 8.35. The Balaban J connectivity index is 1.49. The zero-order chi connectivity index (χ0) is 21.4. The first kappa shape index (κ1) is 20.0. The van der Waals surface area contributed by atoms with Crippen LogP contribution in [-0.2, 0) is 11.8 Å². The Bertz CT molecular complexity index is 1140. The van der Waals surface area contributed by atoms with Crippen molar-refractivity contribution in [2.24, 2.45) is 0 Å². The summed E-state index contributed by atoms with van der Waals surface area (Å²) in [6, 6.07) is 6.12. The number of nitrogens with one attached hydrogen (secondary N) is 1. The van der Waals surface area contributed by atoms with Crippen molar-refractivity contribution in [3.05, 3.63) is 40.0 Å². The summed E-state index contributed by atoms with van der Waals surface area (Å²) in [6.07, 6.45) is 5.70. The van der Waals surface area contributed by atoms with Gasteiger partial charge in [-0.25, -0.2) is 9.97 Å². The average molecular weight is 436 g/mol. The monoisotopic (exact) mass is 435 g/mol. The average Bonchev–Trinajstić information content (AvgIpc) is 3.30. The minimum Gasteiger partial charge on any atom is -0.389 e. The van der Waals surface area contributed by atoms with Gasteiger partial charge in [-0.15, -0.1) is 11.3 Å². The number of hydrogen-bond acceptors (Lipinski definition) is 9. The Kier molecular flexibility index (Phi) is 5.12. The minimum absolute atomic E-state index is 0.402. The quantitative estimate of drug-likeness (QED) is 0.645. The Hall–Kier alpha value is -2.96. The molecule has 5 rings (SSSR count). The van der Waals surface area contributed by atoms with Crippen molar-refractivity contribution in [2.45, 2.75) is 38.0 Å². The molecule has 1 atom stereocenters. The molecule has 0 radical (unpaired) electrons. The van der Waals surface area contributed by atoms with E-state index in [4.69, 9.17) is 15.2 Å². The Morgan fingerprint density at radius 3 is 3.10 bits per heavy atom. The molecule has 0 aromatic carbocycles. The second kappa shape index (κ2) is 7.94. The first-order valence-electron chi connectivity index (χ1n) is 10.7. The molecule has 160 valence electrons. The van der Waals surface area contributed by atoms with Crippen molar-refractivity contribution >= 4 is 22.3 Å². The van der Waals surface area contributed by atoms with E-state index in [-0.39, 0.29) is 0 Å².